The van der Waals surface area contributed by atoms with E-state index >= 15 is 0 Å². The van der Waals surface area contributed by atoms with Gasteiger partial charge in [-0.05, 0) is 49.8 Å². The standard InChI is InChI=1S/C18H28FN/c1-13(2)20-12-15-7-5-4-6-8-16(15)17-11-14(3)9-10-18(17)19/h9-11,13,15-16,20H,4-8,12H2,1-3H3. The molecular weight excluding hydrogens is 249 g/mol. The average Bonchev–Trinajstić information content (AvgIpc) is 2.64. The molecule has 1 aliphatic rings. The largest absolute Gasteiger partial charge is 0.314 e. The number of aryl methyl sites for hydroxylation is 1. The van der Waals surface area contributed by atoms with E-state index in [0.29, 0.717) is 17.9 Å². The van der Waals surface area contributed by atoms with Gasteiger partial charge >= 0.3 is 0 Å². The van der Waals surface area contributed by atoms with Crippen LogP contribution in [-0.4, -0.2) is 12.6 Å². The normalized spacial score (nSPS) is 23.9. The molecular formula is C18H28FN. The van der Waals surface area contributed by atoms with Crippen LogP contribution in [0.25, 0.3) is 0 Å². The van der Waals surface area contributed by atoms with E-state index in [1.165, 1.54) is 31.2 Å². The Morgan fingerprint density at radius 1 is 1.20 bits per heavy atom. The quantitative estimate of drug-likeness (QED) is 0.780. The van der Waals surface area contributed by atoms with Crippen LogP contribution in [0.5, 0.6) is 0 Å². The first kappa shape index (κ1) is 15.5. The highest BCUT2D eigenvalue weighted by molar-refractivity contribution is 5.28. The molecule has 0 aromatic heterocycles. The summed E-state index contributed by atoms with van der Waals surface area (Å²) in [6.45, 7) is 7.43. The highest BCUT2D eigenvalue weighted by Gasteiger charge is 2.27. The van der Waals surface area contributed by atoms with Crippen molar-refractivity contribution in [3.63, 3.8) is 0 Å². The van der Waals surface area contributed by atoms with Crippen LogP contribution in [0, 0.1) is 18.7 Å². The van der Waals surface area contributed by atoms with Crippen molar-refractivity contribution in [2.24, 2.45) is 5.92 Å². The first-order valence-electron chi connectivity index (χ1n) is 8.07. The molecule has 0 radical (unpaired) electrons. The number of hydrogen-bond donors (Lipinski definition) is 1. The monoisotopic (exact) mass is 277 g/mol. The third kappa shape index (κ3) is 4.05. The Bertz CT molecular complexity index is 427. The first-order chi connectivity index (χ1) is 9.58. The SMILES string of the molecule is Cc1ccc(F)c(C2CCCCCC2CNC(C)C)c1. The van der Waals surface area contributed by atoms with Crippen LogP contribution in [0.3, 0.4) is 0 Å². The maximum absolute atomic E-state index is 14.2. The van der Waals surface area contributed by atoms with Crippen LogP contribution in [0.15, 0.2) is 18.2 Å². The molecule has 1 aromatic rings. The molecule has 1 aliphatic carbocycles. The fraction of sp³-hybridized carbons (Fsp3) is 0.667. The molecule has 1 fully saturated rings. The highest BCUT2D eigenvalue weighted by atomic mass is 19.1. The van der Waals surface area contributed by atoms with Crippen LogP contribution >= 0.6 is 0 Å². The molecule has 2 atom stereocenters. The van der Waals surface area contributed by atoms with Gasteiger partial charge in [0.05, 0.1) is 0 Å². The lowest BCUT2D eigenvalue weighted by atomic mass is 9.81. The van der Waals surface area contributed by atoms with Crippen molar-refractivity contribution >= 4 is 0 Å². The lowest BCUT2D eigenvalue weighted by Gasteiger charge is -2.27. The number of halogens is 1. The molecule has 0 amide bonds. The van der Waals surface area contributed by atoms with Crippen molar-refractivity contribution < 1.29 is 4.39 Å². The van der Waals surface area contributed by atoms with Gasteiger partial charge in [0.2, 0.25) is 0 Å². The van der Waals surface area contributed by atoms with Gasteiger partial charge in [-0.3, -0.25) is 0 Å². The van der Waals surface area contributed by atoms with Gasteiger partial charge in [-0.1, -0.05) is 50.8 Å². The van der Waals surface area contributed by atoms with Gasteiger partial charge in [0.15, 0.2) is 0 Å². The molecule has 112 valence electrons. The zero-order valence-corrected chi connectivity index (χ0v) is 13.1. The molecule has 0 heterocycles. The van der Waals surface area contributed by atoms with Crippen LogP contribution in [0.4, 0.5) is 4.39 Å². The van der Waals surface area contributed by atoms with E-state index in [1.54, 1.807) is 6.07 Å². The summed E-state index contributed by atoms with van der Waals surface area (Å²) in [5.41, 5.74) is 2.11. The Balaban J connectivity index is 2.20. The Kier molecular flexibility index (Phi) is 5.59. The van der Waals surface area contributed by atoms with Crippen LogP contribution in [0.1, 0.15) is 63.0 Å². The molecule has 2 unspecified atom stereocenters. The summed E-state index contributed by atoms with van der Waals surface area (Å²) in [7, 11) is 0. The molecule has 20 heavy (non-hydrogen) atoms. The van der Waals surface area contributed by atoms with Gasteiger partial charge < -0.3 is 5.32 Å². The Morgan fingerprint density at radius 2 is 1.95 bits per heavy atom. The summed E-state index contributed by atoms with van der Waals surface area (Å²) in [5.74, 6) is 0.928. The smallest absolute Gasteiger partial charge is 0.126 e. The topological polar surface area (TPSA) is 12.0 Å². The zero-order valence-electron chi connectivity index (χ0n) is 13.1. The van der Waals surface area contributed by atoms with Gasteiger partial charge in [-0.25, -0.2) is 4.39 Å². The third-order valence-corrected chi connectivity index (χ3v) is 4.50. The first-order valence-corrected chi connectivity index (χ1v) is 8.07. The van der Waals surface area contributed by atoms with Crippen LogP contribution < -0.4 is 5.32 Å². The maximum atomic E-state index is 14.2. The second-order valence-corrected chi connectivity index (χ2v) is 6.59. The lowest BCUT2D eigenvalue weighted by Crippen LogP contribution is -2.31. The predicted octanol–water partition coefficient (Wildman–Crippen LogP) is 4.80. The van der Waals surface area contributed by atoms with Gasteiger partial charge in [0.1, 0.15) is 5.82 Å². The minimum absolute atomic E-state index is 0.0166. The number of nitrogens with one attached hydrogen (secondary N) is 1. The molecule has 1 saturated carbocycles. The summed E-state index contributed by atoms with van der Waals surface area (Å²) in [6.07, 6.45) is 6.16. The second kappa shape index (κ2) is 7.21. The minimum Gasteiger partial charge on any atom is -0.314 e. The number of rotatable bonds is 4. The fourth-order valence-corrected chi connectivity index (χ4v) is 3.37. The summed E-state index contributed by atoms with van der Waals surface area (Å²) in [4.78, 5) is 0. The van der Waals surface area contributed by atoms with Crippen molar-refractivity contribution in [1.29, 1.82) is 0 Å². The highest BCUT2D eigenvalue weighted by Crippen LogP contribution is 2.37. The summed E-state index contributed by atoms with van der Waals surface area (Å²) < 4.78 is 14.2. The second-order valence-electron chi connectivity index (χ2n) is 6.59. The molecule has 2 rings (SSSR count). The van der Waals surface area contributed by atoms with Crippen LogP contribution in [0.2, 0.25) is 0 Å². The van der Waals surface area contributed by atoms with E-state index < -0.39 is 0 Å². The Morgan fingerprint density at radius 3 is 2.70 bits per heavy atom. The molecule has 2 heteroatoms. The predicted molar refractivity (Wildman–Crippen MR) is 83.6 cm³/mol. The number of hydrogen-bond acceptors (Lipinski definition) is 1. The molecule has 1 nitrogen and oxygen atoms in total. The van der Waals surface area contributed by atoms with E-state index in [9.17, 15) is 4.39 Å². The molecule has 1 aromatic carbocycles. The van der Waals surface area contributed by atoms with Gasteiger partial charge in [-0.15, -0.1) is 0 Å². The molecule has 0 bridgehead atoms. The van der Waals surface area contributed by atoms with Gasteiger partial charge in [-0.2, -0.15) is 0 Å². The Labute approximate surface area is 123 Å². The van der Waals surface area contributed by atoms with Crippen molar-refractivity contribution in [2.75, 3.05) is 6.54 Å². The van der Waals surface area contributed by atoms with E-state index in [-0.39, 0.29) is 5.82 Å². The Hall–Kier alpha value is -0.890. The van der Waals surface area contributed by atoms with Crippen molar-refractivity contribution in [1.82, 2.24) is 5.32 Å². The van der Waals surface area contributed by atoms with E-state index in [0.717, 1.165) is 18.5 Å². The summed E-state index contributed by atoms with van der Waals surface area (Å²) in [6, 6.07) is 6.08. The number of benzene rings is 1. The van der Waals surface area contributed by atoms with Crippen molar-refractivity contribution in [3.8, 4) is 0 Å². The maximum Gasteiger partial charge on any atom is 0.126 e. The average molecular weight is 277 g/mol. The fourth-order valence-electron chi connectivity index (χ4n) is 3.37. The van der Waals surface area contributed by atoms with Gasteiger partial charge in [0.25, 0.3) is 0 Å². The van der Waals surface area contributed by atoms with E-state index in [4.69, 9.17) is 0 Å². The van der Waals surface area contributed by atoms with E-state index in [2.05, 4.69) is 32.2 Å². The lowest BCUT2D eigenvalue weighted by molar-refractivity contribution is 0.355. The molecule has 0 spiro atoms. The van der Waals surface area contributed by atoms with Gasteiger partial charge in [0, 0.05) is 6.04 Å². The van der Waals surface area contributed by atoms with Crippen molar-refractivity contribution in [2.45, 2.75) is 64.8 Å². The van der Waals surface area contributed by atoms with E-state index in [1.807, 2.05) is 6.07 Å². The molecule has 0 aliphatic heterocycles. The molecule has 0 saturated heterocycles. The summed E-state index contributed by atoms with van der Waals surface area (Å²) >= 11 is 0. The van der Waals surface area contributed by atoms with Crippen LogP contribution in [-0.2, 0) is 0 Å². The van der Waals surface area contributed by atoms with Crippen molar-refractivity contribution in [3.05, 3.63) is 35.1 Å². The summed E-state index contributed by atoms with van der Waals surface area (Å²) in [5, 5.41) is 3.55. The molecule has 1 N–H and O–H groups in total. The zero-order chi connectivity index (χ0) is 14.5. The minimum atomic E-state index is -0.0166. The third-order valence-electron chi connectivity index (χ3n) is 4.50.